The van der Waals surface area contributed by atoms with Crippen LogP contribution in [0.2, 0.25) is 0 Å². The van der Waals surface area contributed by atoms with Gasteiger partial charge in [-0.1, -0.05) is 23.8 Å². The number of carbonyl (C=O) groups excluding carboxylic acids is 1. The number of nitrogens with one attached hydrogen (secondary N) is 1. The lowest BCUT2D eigenvalue weighted by atomic mass is 9.73. The van der Waals surface area contributed by atoms with E-state index in [9.17, 15) is 13.6 Å². The molecule has 3 N–H and O–H groups in total. The van der Waals surface area contributed by atoms with Crippen molar-refractivity contribution in [3.8, 4) is 16.3 Å². The van der Waals surface area contributed by atoms with E-state index in [2.05, 4.69) is 15.3 Å². The minimum absolute atomic E-state index is 0.127. The molecule has 3 aliphatic rings. The summed E-state index contributed by atoms with van der Waals surface area (Å²) in [7, 11) is 0. The van der Waals surface area contributed by atoms with Crippen molar-refractivity contribution in [2.24, 2.45) is 5.73 Å². The van der Waals surface area contributed by atoms with E-state index in [4.69, 9.17) is 10.5 Å². The number of primary amides is 1. The second kappa shape index (κ2) is 11.3. The minimum Gasteiger partial charge on any atom is -0.481 e. The third-order valence-corrected chi connectivity index (χ3v) is 9.65. The van der Waals surface area contributed by atoms with Gasteiger partial charge in [-0.05, 0) is 87.0 Å². The van der Waals surface area contributed by atoms with Crippen molar-refractivity contribution >= 4 is 17.2 Å². The Hall–Kier alpha value is -2.82. The van der Waals surface area contributed by atoms with Crippen LogP contribution in [-0.4, -0.2) is 59.4 Å². The summed E-state index contributed by atoms with van der Waals surface area (Å²) >= 11 is 1.27. The molecule has 6 rings (SSSR count). The van der Waals surface area contributed by atoms with Gasteiger partial charge in [-0.15, -0.1) is 0 Å². The number of thiophene rings is 1. The Bertz CT molecular complexity index is 1340. The van der Waals surface area contributed by atoms with Crippen molar-refractivity contribution in [1.29, 1.82) is 0 Å². The van der Waals surface area contributed by atoms with Crippen molar-refractivity contribution in [2.75, 3.05) is 32.8 Å². The molecule has 0 spiro atoms. The summed E-state index contributed by atoms with van der Waals surface area (Å²) in [5.41, 5.74) is 9.20. The fourth-order valence-corrected chi connectivity index (χ4v) is 7.73. The van der Waals surface area contributed by atoms with Crippen LogP contribution in [0.4, 0.5) is 8.78 Å². The monoisotopic (exact) mass is 555 g/mol. The van der Waals surface area contributed by atoms with Gasteiger partial charge in [0.25, 0.3) is 5.91 Å². The predicted octanol–water partition coefficient (Wildman–Crippen LogP) is 4.88. The van der Waals surface area contributed by atoms with Crippen LogP contribution < -0.4 is 15.8 Å². The van der Waals surface area contributed by atoms with E-state index in [1.165, 1.54) is 55.8 Å². The normalized spacial score (nSPS) is 23.5. The Balaban J connectivity index is 1.34. The Kier molecular flexibility index (Phi) is 7.68. The van der Waals surface area contributed by atoms with Gasteiger partial charge in [0.2, 0.25) is 0 Å². The summed E-state index contributed by atoms with van der Waals surface area (Å²) in [5, 5.41) is 8.84. The maximum Gasteiger partial charge on any atom is 0.259 e. The Morgan fingerprint density at radius 3 is 2.77 bits per heavy atom. The highest BCUT2D eigenvalue weighted by molar-refractivity contribution is 7.16. The first kappa shape index (κ1) is 26.4. The van der Waals surface area contributed by atoms with Crippen LogP contribution in [0.1, 0.15) is 71.2 Å². The molecule has 3 atom stereocenters. The SMILES string of the molecule is NC(=O)c1sc2c(c1[C@H]1CN[C@H](CCCN3CCCCC3)C[C@@H]1c1ccc(F)c(F)c1)-c1ccnn1CCO2. The number of nitrogens with two attached hydrogens (primary N) is 1. The molecule has 7 nitrogen and oxygen atoms in total. The lowest BCUT2D eigenvalue weighted by Gasteiger charge is -2.38. The average Bonchev–Trinajstić information content (AvgIpc) is 3.51. The number of likely N-dealkylation sites (tertiary alicyclic amines) is 1. The van der Waals surface area contributed by atoms with Crippen LogP contribution in [-0.2, 0) is 6.54 Å². The third-order valence-electron chi connectivity index (χ3n) is 8.51. The Labute approximate surface area is 231 Å². The number of hydrogen-bond donors (Lipinski definition) is 2. The van der Waals surface area contributed by atoms with E-state index in [0.29, 0.717) is 29.6 Å². The molecule has 39 heavy (non-hydrogen) atoms. The number of fused-ring (bicyclic) bond motifs is 3. The number of piperidine rings is 2. The van der Waals surface area contributed by atoms with Crippen LogP contribution in [0.3, 0.4) is 0 Å². The zero-order chi connectivity index (χ0) is 26.9. The second-order valence-corrected chi connectivity index (χ2v) is 11.9. The molecule has 1 aromatic carbocycles. The molecular weight excluding hydrogens is 520 g/mol. The third kappa shape index (κ3) is 5.34. The van der Waals surface area contributed by atoms with Gasteiger partial charge in [0.1, 0.15) is 6.61 Å². The molecule has 2 saturated heterocycles. The topological polar surface area (TPSA) is 85.4 Å². The summed E-state index contributed by atoms with van der Waals surface area (Å²) in [6, 6.07) is 6.37. The van der Waals surface area contributed by atoms with Gasteiger partial charge in [-0.2, -0.15) is 5.10 Å². The smallest absolute Gasteiger partial charge is 0.259 e. The van der Waals surface area contributed by atoms with E-state index < -0.39 is 17.5 Å². The number of benzene rings is 1. The highest BCUT2D eigenvalue weighted by Crippen LogP contribution is 2.51. The molecule has 208 valence electrons. The van der Waals surface area contributed by atoms with Gasteiger partial charge in [0.15, 0.2) is 16.7 Å². The number of ether oxygens (including phenoxy) is 1. The molecule has 2 fully saturated rings. The van der Waals surface area contributed by atoms with Gasteiger partial charge >= 0.3 is 0 Å². The van der Waals surface area contributed by atoms with E-state index in [1.807, 2.05) is 10.7 Å². The zero-order valence-electron chi connectivity index (χ0n) is 22.0. The Morgan fingerprint density at radius 2 is 1.97 bits per heavy atom. The summed E-state index contributed by atoms with van der Waals surface area (Å²) < 4.78 is 36.4. The first-order valence-electron chi connectivity index (χ1n) is 14.0. The number of carbonyl (C=O) groups is 1. The summed E-state index contributed by atoms with van der Waals surface area (Å²) in [6.07, 6.45) is 8.46. The fraction of sp³-hybridized carbons (Fsp3) is 0.517. The zero-order valence-corrected chi connectivity index (χ0v) is 22.8. The molecular formula is C29H35F2N5O2S. The lowest BCUT2D eigenvalue weighted by Crippen LogP contribution is -2.43. The van der Waals surface area contributed by atoms with Gasteiger partial charge in [0, 0.05) is 24.7 Å². The molecule has 5 heterocycles. The molecule has 1 amide bonds. The fourth-order valence-electron chi connectivity index (χ4n) is 6.62. The standard InChI is InChI=1S/C29H35F2N5O2S/c30-22-7-6-18(15-23(22)31)20-16-19(5-4-12-35-10-2-1-3-11-35)33-17-21(20)25-26-24-8-9-34-36(24)13-14-38-29(26)39-27(25)28(32)37/h6-9,15,19-21,33H,1-5,10-14,16-17H2,(H2,32,37)/t19-,20-,21+/m1/s1. The van der Waals surface area contributed by atoms with Crippen LogP contribution in [0.15, 0.2) is 30.5 Å². The number of aromatic nitrogens is 2. The number of rotatable bonds is 7. The van der Waals surface area contributed by atoms with E-state index in [0.717, 1.165) is 48.2 Å². The molecule has 2 aromatic heterocycles. The molecule has 0 saturated carbocycles. The maximum atomic E-state index is 14.5. The van der Waals surface area contributed by atoms with Gasteiger partial charge in [-0.3, -0.25) is 9.48 Å². The van der Waals surface area contributed by atoms with Crippen LogP contribution >= 0.6 is 11.3 Å². The number of hydrogen-bond acceptors (Lipinski definition) is 6. The molecule has 0 unspecified atom stereocenters. The van der Waals surface area contributed by atoms with Crippen molar-refractivity contribution in [2.45, 2.75) is 62.9 Å². The molecule has 10 heteroatoms. The van der Waals surface area contributed by atoms with Crippen molar-refractivity contribution < 1.29 is 18.3 Å². The van der Waals surface area contributed by atoms with Crippen LogP contribution in [0.5, 0.6) is 5.06 Å². The maximum absolute atomic E-state index is 14.5. The quantitative estimate of drug-likeness (QED) is 0.434. The van der Waals surface area contributed by atoms with Gasteiger partial charge in [-0.25, -0.2) is 8.78 Å². The van der Waals surface area contributed by atoms with Gasteiger partial charge < -0.3 is 20.7 Å². The number of halogens is 2. The number of nitrogens with zero attached hydrogens (tertiary/aromatic N) is 3. The summed E-state index contributed by atoms with van der Waals surface area (Å²) in [6.45, 7) is 5.07. The Morgan fingerprint density at radius 1 is 1.13 bits per heavy atom. The molecule has 0 aliphatic carbocycles. The van der Waals surface area contributed by atoms with Crippen LogP contribution in [0, 0.1) is 11.6 Å². The largest absolute Gasteiger partial charge is 0.481 e. The first-order valence-corrected chi connectivity index (χ1v) is 14.8. The number of amides is 1. The second-order valence-electron chi connectivity index (χ2n) is 10.9. The van der Waals surface area contributed by atoms with E-state index in [1.54, 1.807) is 12.3 Å². The van der Waals surface area contributed by atoms with E-state index in [-0.39, 0.29) is 17.9 Å². The van der Waals surface area contributed by atoms with Crippen LogP contribution in [0.25, 0.3) is 11.3 Å². The summed E-state index contributed by atoms with van der Waals surface area (Å²) in [5.74, 6) is -2.53. The molecule has 3 aromatic rings. The summed E-state index contributed by atoms with van der Waals surface area (Å²) in [4.78, 5) is 15.7. The molecule has 3 aliphatic heterocycles. The molecule has 0 radical (unpaired) electrons. The van der Waals surface area contributed by atoms with Gasteiger partial charge in [0.05, 0.1) is 22.7 Å². The van der Waals surface area contributed by atoms with Crippen molar-refractivity contribution in [3.63, 3.8) is 0 Å². The lowest BCUT2D eigenvalue weighted by molar-refractivity contribution is 0.100. The van der Waals surface area contributed by atoms with E-state index >= 15 is 0 Å². The highest BCUT2D eigenvalue weighted by Gasteiger charge is 2.39. The average molecular weight is 556 g/mol. The first-order chi connectivity index (χ1) is 19.0. The molecule has 0 bridgehead atoms. The minimum atomic E-state index is -0.859. The van der Waals surface area contributed by atoms with Crippen molar-refractivity contribution in [3.05, 3.63) is 58.1 Å². The predicted molar refractivity (Wildman–Crippen MR) is 147 cm³/mol. The highest BCUT2D eigenvalue weighted by atomic mass is 32.1. The van der Waals surface area contributed by atoms with Crippen molar-refractivity contribution in [1.82, 2.24) is 20.0 Å².